The molecule has 0 heterocycles. The molecular weight excluding hydrogens is 334 g/mol. The van der Waals surface area contributed by atoms with Crippen molar-refractivity contribution >= 4 is 5.97 Å². The first-order valence-corrected chi connectivity index (χ1v) is 7.52. The number of carbonyl (C=O) groups excluding carboxylic acids is 1. The quantitative estimate of drug-likeness (QED) is 0.549. The van der Waals surface area contributed by atoms with Gasteiger partial charge in [0.2, 0.25) is 0 Å². The third kappa shape index (κ3) is 5.15. The van der Waals surface area contributed by atoms with Gasteiger partial charge < -0.3 is 18.9 Å². The average Bonchev–Trinajstić information content (AvgIpc) is 2.57. The molecule has 0 radical (unpaired) electrons. The van der Waals surface area contributed by atoms with E-state index in [4.69, 9.17) is 18.9 Å². The molecule has 0 aliphatic carbocycles. The van der Waals surface area contributed by atoms with Crippen molar-refractivity contribution in [2.45, 2.75) is 19.6 Å². The van der Waals surface area contributed by atoms with Crippen LogP contribution < -0.4 is 9.47 Å². The Labute approximate surface area is 144 Å². The summed E-state index contributed by atoms with van der Waals surface area (Å²) in [5.41, 5.74) is 0.165. The van der Waals surface area contributed by atoms with Crippen molar-refractivity contribution in [1.29, 1.82) is 0 Å². The molecule has 1 unspecified atom stereocenters. The fraction of sp³-hybridized carbons (Fsp3) is 0.278. The molecule has 2 rings (SSSR count). The van der Waals surface area contributed by atoms with Gasteiger partial charge in [0.05, 0.1) is 12.7 Å². The van der Waals surface area contributed by atoms with Gasteiger partial charge in [0, 0.05) is 37.8 Å². The minimum absolute atomic E-state index is 0.0516. The lowest BCUT2D eigenvalue weighted by Gasteiger charge is -2.17. The maximum Gasteiger partial charge on any atom is 0.338 e. The van der Waals surface area contributed by atoms with E-state index < -0.39 is 23.9 Å². The highest BCUT2D eigenvalue weighted by Crippen LogP contribution is 2.29. The Hall–Kier alpha value is -2.67. The monoisotopic (exact) mass is 352 g/mol. The number of methoxy groups -OCH3 is 2. The van der Waals surface area contributed by atoms with E-state index >= 15 is 0 Å². The van der Waals surface area contributed by atoms with E-state index in [1.165, 1.54) is 32.4 Å². The minimum Gasteiger partial charge on any atom is -0.465 e. The number of halogens is 2. The van der Waals surface area contributed by atoms with Gasteiger partial charge in [0.25, 0.3) is 0 Å². The molecule has 0 amide bonds. The first-order valence-electron chi connectivity index (χ1n) is 7.52. The second-order valence-corrected chi connectivity index (χ2v) is 5.08. The van der Waals surface area contributed by atoms with E-state index in [2.05, 4.69) is 0 Å². The van der Waals surface area contributed by atoms with Crippen LogP contribution in [-0.2, 0) is 9.47 Å². The number of carbonyl (C=O) groups is 1. The van der Waals surface area contributed by atoms with Crippen LogP contribution in [0.25, 0.3) is 0 Å². The first kappa shape index (κ1) is 18.7. The average molecular weight is 352 g/mol. The van der Waals surface area contributed by atoms with Crippen LogP contribution in [0.2, 0.25) is 0 Å². The maximum absolute atomic E-state index is 13.3. The lowest BCUT2D eigenvalue weighted by atomic mass is 10.2. The number of benzene rings is 2. The van der Waals surface area contributed by atoms with Gasteiger partial charge in [0.15, 0.2) is 6.29 Å². The summed E-state index contributed by atoms with van der Waals surface area (Å²) in [5.74, 6) is -1.75. The smallest absolute Gasteiger partial charge is 0.338 e. The van der Waals surface area contributed by atoms with E-state index in [0.717, 1.165) is 18.2 Å². The molecule has 0 saturated carbocycles. The van der Waals surface area contributed by atoms with Crippen molar-refractivity contribution in [2.75, 3.05) is 14.2 Å². The summed E-state index contributed by atoms with van der Waals surface area (Å²) >= 11 is 0. The van der Waals surface area contributed by atoms with Crippen molar-refractivity contribution in [3.05, 3.63) is 53.6 Å². The lowest BCUT2D eigenvalue weighted by molar-refractivity contribution is -0.0549. The normalized spacial score (nSPS) is 11.7. The molecule has 0 aliphatic heterocycles. The number of rotatable bonds is 7. The summed E-state index contributed by atoms with van der Waals surface area (Å²) in [7, 11) is 2.73. The molecule has 0 bridgehead atoms. The minimum atomic E-state index is -0.777. The zero-order valence-electron chi connectivity index (χ0n) is 14.0. The molecule has 2 aromatic rings. The van der Waals surface area contributed by atoms with Gasteiger partial charge in [0.1, 0.15) is 28.9 Å². The van der Waals surface area contributed by atoms with Crippen LogP contribution in [0.4, 0.5) is 8.78 Å². The largest absolute Gasteiger partial charge is 0.465 e. The van der Waals surface area contributed by atoms with Gasteiger partial charge in [-0.15, -0.1) is 0 Å². The summed E-state index contributed by atoms with van der Waals surface area (Å²) in [6, 6.07) is 7.12. The molecule has 0 saturated heterocycles. The zero-order valence-corrected chi connectivity index (χ0v) is 14.0. The van der Waals surface area contributed by atoms with Crippen LogP contribution in [-0.4, -0.2) is 26.5 Å². The van der Waals surface area contributed by atoms with Crippen molar-refractivity contribution in [1.82, 2.24) is 0 Å². The summed E-state index contributed by atoms with van der Waals surface area (Å²) in [6.45, 7) is 1.87. The number of esters is 1. The Morgan fingerprint density at radius 3 is 2.12 bits per heavy atom. The Bertz CT molecular complexity index is 724. The molecule has 25 heavy (non-hydrogen) atoms. The summed E-state index contributed by atoms with van der Waals surface area (Å²) in [4.78, 5) is 11.8. The van der Waals surface area contributed by atoms with Crippen LogP contribution in [0.3, 0.4) is 0 Å². The highest BCUT2D eigenvalue weighted by molar-refractivity contribution is 5.90. The van der Waals surface area contributed by atoms with Crippen molar-refractivity contribution in [2.24, 2.45) is 0 Å². The van der Waals surface area contributed by atoms with E-state index in [1.807, 2.05) is 6.92 Å². The van der Waals surface area contributed by atoms with Gasteiger partial charge in [-0.1, -0.05) is 6.92 Å². The maximum atomic E-state index is 13.3. The Balaban J connectivity index is 2.36. The Morgan fingerprint density at radius 1 is 0.960 bits per heavy atom. The molecule has 1 atom stereocenters. The molecular formula is C18H18F2O5. The summed E-state index contributed by atoms with van der Waals surface area (Å²) < 4.78 is 47.5. The van der Waals surface area contributed by atoms with Crippen molar-refractivity contribution in [3.8, 4) is 17.2 Å². The highest BCUT2D eigenvalue weighted by Gasteiger charge is 2.14. The molecule has 2 aromatic carbocycles. The molecule has 7 heteroatoms. The van der Waals surface area contributed by atoms with E-state index in [0.29, 0.717) is 12.2 Å². The third-order valence-electron chi connectivity index (χ3n) is 3.24. The number of ether oxygens (including phenoxy) is 4. The van der Waals surface area contributed by atoms with Crippen LogP contribution in [0.1, 0.15) is 23.7 Å². The topological polar surface area (TPSA) is 54.0 Å². The van der Waals surface area contributed by atoms with Gasteiger partial charge >= 0.3 is 5.97 Å². The SMILES string of the molecule is CCC(OC)Oc1cc(Oc2cc(F)cc(F)c2)cc(C(=O)OC)c1. The van der Waals surface area contributed by atoms with Crippen LogP contribution in [0.15, 0.2) is 36.4 Å². The van der Waals surface area contributed by atoms with E-state index in [1.54, 1.807) is 0 Å². The fourth-order valence-corrected chi connectivity index (χ4v) is 2.11. The fourth-order valence-electron chi connectivity index (χ4n) is 2.11. The predicted molar refractivity (Wildman–Crippen MR) is 85.9 cm³/mol. The third-order valence-corrected chi connectivity index (χ3v) is 3.24. The van der Waals surface area contributed by atoms with Gasteiger partial charge in [-0.3, -0.25) is 0 Å². The number of hydrogen-bond acceptors (Lipinski definition) is 5. The second-order valence-electron chi connectivity index (χ2n) is 5.08. The predicted octanol–water partition coefficient (Wildman–Crippen LogP) is 4.31. The van der Waals surface area contributed by atoms with Gasteiger partial charge in [-0.2, -0.15) is 0 Å². The molecule has 0 aliphatic rings. The molecule has 0 N–H and O–H groups in total. The molecule has 5 nitrogen and oxygen atoms in total. The van der Waals surface area contributed by atoms with Crippen molar-refractivity contribution < 1.29 is 32.5 Å². The first-order chi connectivity index (χ1) is 11.9. The van der Waals surface area contributed by atoms with E-state index in [9.17, 15) is 13.6 Å². The van der Waals surface area contributed by atoms with Crippen LogP contribution in [0.5, 0.6) is 17.2 Å². The zero-order chi connectivity index (χ0) is 18.4. The standard InChI is InChI=1S/C18H18F2O5/c1-4-17(22-2)25-15-6-11(18(21)23-3)5-14(10-15)24-16-8-12(19)7-13(20)9-16/h5-10,17H,4H2,1-3H3. The molecule has 0 aromatic heterocycles. The Kier molecular flexibility index (Phi) is 6.30. The molecule has 134 valence electrons. The second kappa shape index (κ2) is 8.43. The summed E-state index contributed by atoms with van der Waals surface area (Å²) in [5, 5.41) is 0. The van der Waals surface area contributed by atoms with E-state index in [-0.39, 0.29) is 17.1 Å². The molecule has 0 fully saturated rings. The van der Waals surface area contributed by atoms with Gasteiger partial charge in [-0.05, 0) is 12.1 Å². The van der Waals surface area contributed by atoms with Gasteiger partial charge in [-0.25, -0.2) is 13.6 Å². The van der Waals surface area contributed by atoms with Crippen LogP contribution >= 0.6 is 0 Å². The van der Waals surface area contributed by atoms with Crippen molar-refractivity contribution in [3.63, 3.8) is 0 Å². The lowest BCUT2D eigenvalue weighted by Crippen LogP contribution is -2.17. The highest BCUT2D eigenvalue weighted by atomic mass is 19.1. The Morgan fingerprint density at radius 2 is 1.56 bits per heavy atom. The summed E-state index contributed by atoms with van der Waals surface area (Å²) in [6.07, 6.45) is 0.0527. The molecule has 0 spiro atoms. The van der Waals surface area contributed by atoms with Crippen LogP contribution in [0, 0.1) is 11.6 Å². The number of hydrogen-bond donors (Lipinski definition) is 0.